The van der Waals surface area contributed by atoms with E-state index in [1.165, 1.54) is 23.0 Å². The second-order valence-corrected chi connectivity index (χ2v) is 7.44. The number of aromatic nitrogens is 4. The molecule has 150 valence electrons. The molecule has 3 heterocycles. The summed E-state index contributed by atoms with van der Waals surface area (Å²) in [6, 6.07) is 16.5. The Morgan fingerprint density at radius 3 is 2.77 bits per heavy atom. The number of nitrogens with one attached hydrogen (secondary N) is 2. The maximum atomic E-state index is 13.9. The summed E-state index contributed by atoms with van der Waals surface area (Å²) in [6.45, 7) is 4.95. The first kappa shape index (κ1) is 18.3. The zero-order chi connectivity index (χ0) is 20.7. The fraction of sp³-hybridized carbons (Fsp3) is 0.174. The Kier molecular flexibility index (Phi) is 4.43. The largest absolute Gasteiger partial charge is 0.360 e. The van der Waals surface area contributed by atoms with E-state index in [-0.39, 0.29) is 6.04 Å². The molecule has 0 saturated heterocycles. The predicted octanol–water partition coefficient (Wildman–Crippen LogP) is 4.66. The summed E-state index contributed by atoms with van der Waals surface area (Å²) in [4.78, 5) is 17.0. The molecule has 2 N–H and O–H groups in total. The lowest BCUT2D eigenvalue weighted by Gasteiger charge is -2.36. The van der Waals surface area contributed by atoms with E-state index in [0.29, 0.717) is 17.0 Å². The van der Waals surface area contributed by atoms with Crippen LogP contribution in [0.25, 0.3) is 17.2 Å². The van der Waals surface area contributed by atoms with Gasteiger partial charge in [-0.05, 0) is 48.7 Å². The first-order chi connectivity index (χ1) is 14.6. The van der Waals surface area contributed by atoms with Crippen LogP contribution in [0.4, 0.5) is 15.9 Å². The number of H-pyrrole nitrogens is 1. The highest BCUT2D eigenvalue weighted by atomic mass is 19.1. The number of benzene rings is 2. The standard InChI is InChI=1S/C23H21FN6/c1-14-7-6-8-16-11-19(30(12-18(14)16)17-9-4-3-5-10-17)15(2)27-22-20-21(26-13-25-20)28-23(24)29-22/h3-11,13,15H,12H2,1-2H3,(H2,25,26,27,28,29). The van der Waals surface area contributed by atoms with Crippen molar-refractivity contribution in [2.45, 2.75) is 26.4 Å². The average molecular weight is 400 g/mol. The number of hydrogen-bond donors (Lipinski definition) is 2. The molecule has 0 radical (unpaired) electrons. The highest BCUT2D eigenvalue weighted by molar-refractivity contribution is 5.83. The fourth-order valence-electron chi connectivity index (χ4n) is 3.96. The van der Waals surface area contributed by atoms with Gasteiger partial charge in [-0.1, -0.05) is 36.4 Å². The molecule has 0 saturated carbocycles. The van der Waals surface area contributed by atoms with Gasteiger partial charge in [-0.3, -0.25) is 0 Å². The van der Waals surface area contributed by atoms with Gasteiger partial charge in [0.25, 0.3) is 0 Å². The number of hydrogen-bond acceptors (Lipinski definition) is 5. The first-order valence-corrected chi connectivity index (χ1v) is 9.86. The van der Waals surface area contributed by atoms with Crippen molar-refractivity contribution in [3.05, 3.63) is 83.3 Å². The molecule has 1 aliphatic rings. The van der Waals surface area contributed by atoms with Crippen LogP contribution in [0, 0.1) is 13.0 Å². The SMILES string of the molecule is Cc1cccc2c1CN(c1ccccc1)C(C(C)Nc1nc(F)nc3nc[nH]c13)=C2. The van der Waals surface area contributed by atoms with Crippen molar-refractivity contribution in [2.24, 2.45) is 0 Å². The monoisotopic (exact) mass is 400 g/mol. The number of aryl methyl sites for hydroxylation is 1. The highest BCUT2D eigenvalue weighted by Crippen LogP contribution is 2.33. The lowest BCUT2D eigenvalue weighted by atomic mass is 9.94. The van der Waals surface area contributed by atoms with Crippen LogP contribution in [0.1, 0.15) is 23.6 Å². The Bertz CT molecular complexity index is 1250. The smallest absolute Gasteiger partial charge is 0.312 e. The Balaban J connectivity index is 1.57. The second kappa shape index (κ2) is 7.26. The lowest BCUT2D eigenvalue weighted by molar-refractivity contribution is 0.544. The van der Waals surface area contributed by atoms with Crippen molar-refractivity contribution >= 4 is 28.7 Å². The van der Waals surface area contributed by atoms with Crippen LogP contribution in [0.2, 0.25) is 0 Å². The molecule has 1 aliphatic heterocycles. The lowest BCUT2D eigenvalue weighted by Crippen LogP contribution is -2.35. The van der Waals surface area contributed by atoms with Crippen molar-refractivity contribution in [1.82, 2.24) is 19.9 Å². The number of nitrogens with zero attached hydrogens (tertiary/aromatic N) is 4. The normalized spacial score (nSPS) is 14.4. The molecule has 0 spiro atoms. The summed E-state index contributed by atoms with van der Waals surface area (Å²) in [5.74, 6) is 0.395. The van der Waals surface area contributed by atoms with Crippen LogP contribution < -0.4 is 10.2 Å². The van der Waals surface area contributed by atoms with Crippen LogP contribution in [-0.2, 0) is 6.54 Å². The third-order valence-electron chi connectivity index (χ3n) is 5.50. The number of imidazole rings is 1. The van der Waals surface area contributed by atoms with Crippen LogP contribution >= 0.6 is 0 Å². The number of fused-ring (bicyclic) bond motifs is 2. The molecular weight excluding hydrogens is 379 g/mol. The maximum absolute atomic E-state index is 13.9. The van der Waals surface area contributed by atoms with Crippen molar-refractivity contribution in [2.75, 3.05) is 10.2 Å². The minimum Gasteiger partial charge on any atom is -0.360 e. The van der Waals surface area contributed by atoms with E-state index in [1.54, 1.807) is 0 Å². The Hall–Kier alpha value is -3.74. The molecule has 30 heavy (non-hydrogen) atoms. The third kappa shape index (κ3) is 3.18. The number of aromatic amines is 1. The molecule has 2 aromatic heterocycles. The molecule has 1 unspecified atom stereocenters. The molecule has 0 fully saturated rings. The molecule has 1 atom stereocenters. The zero-order valence-electron chi connectivity index (χ0n) is 16.7. The average Bonchev–Trinajstić information content (AvgIpc) is 3.22. The zero-order valence-corrected chi connectivity index (χ0v) is 16.7. The summed E-state index contributed by atoms with van der Waals surface area (Å²) in [7, 11) is 0. The van der Waals surface area contributed by atoms with Crippen molar-refractivity contribution in [3.8, 4) is 0 Å². The first-order valence-electron chi connectivity index (χ1n) is 9.86. The van der Waals surface area contributed by atoms with E-state index in [1.807, 2.05) is 25.1 Å². The Morgan fingerprint density at radius 1 is 1.10 bits per heavy atom. The predicted molar refractivity (Wildman–Crippen MR) is 117 cm³/mol. The van der Waals surface area contributed by atoms with E-state index in [0.717, 1.165) is 17.9 Å². The fourth-order valence-corrected chi connectivity index (χ4v) is 3.96. The van der Waals surface area contributed by atoms with Gasteiger partial charge in [0.2, 0.25) is 0 Å². The van der Waals surface area contributed by atoms with Gasteiger partial charge >= 0.3 is 6.08 Å². The summed E-state index contributed by atoms with van der Waals surface area (Å²) >= 11 is 0. The highest BCUT2D eigenvalue weighted by Gasteiger charge is 2.25. The van der Waals surface area contributed by atoms with Gasteiger partial charge in [0.1, 0.15) is 5.52 Å². The van der Waals surface area contributed by atoms with Crippen LogP contribution in [0.3, 0.4) is 0 Å². The minimum absolute atomic E-state index is 0.139. The van der Waals surface area contributed by atoms with E-state index < -0.39 is 6.08 Å². The number of halogens is 1. The van der Waals surface area contributed by atoms with Gasteiger partial charge in [-0.15, -0.1) is 0 Å². The third-order valence-corrected chi connectivity index (χ3v) is 5.50. The van der Waals surface area contributed by atoms with Crippen LogP contribution in [-0.4, -0.2) is 26.0 Å². The molecule has 6 nitrogen and oxygen atoms in total. The summed E-state index contributed by atoms with van der Waals surface area (Å²) in [5, 5.41) is 3.35. The van der Waals surface area contributed by atoms with Crippen molar-refractivity contribution in [1.29, 1.82) is 0 Å². The summed E-state index contributed by atoms with van der Waals surface area (Å²) < 4.78 is 13.9. The van der Waals surface area contributed by atoms with Gasteiger partial charge in [-0.25, -0.2) is 4.98 Å². The maximum Gasteiger partial charge on any atom is 0.312 e. The quantitative estimate of drug-likeness (QED) is 0.488. The van der Waals surface area contributed by atoms with Gasteiger partial charge < -0.3 is 15.2 Å². The topological polar surface area (TPSA) is 69.7 Å². The summed E-state index contributed by atoms with van der Waals surface area (Å²) in [6.07, 6.45) is 2.88. The molecule has 5 rings (SSSR count). The van der Waals surface area contributed by atoms with Gasteiger partial charge in [-0.2, -0.15) is 14.4 Å². The molecule has 0 bridgehead atoms. The number of para-hydroxylation sites is 1. The number of anilines is 2. The minimum atomic E-state index is -0.803. The Morgan fingerprint density at radius 2 is 1.93 bits per heavy atom. The molecule has 4 aromatic rings. The second-order valence-electron chi connectivity index (χ2n) is 7.44. The molecule has 2 aromatic carbocycles. The van der Waals surface area contributed by atoms with E-state index >= 15 is 0 Å². The molecule has 0 amide bonds. The molecular formula is C23H21FN6. The van der Waals surface area contributed by atoms with E-state index in [4.69, 9.17) is 0 Å². The Labute approximate surface area is 173 Å². The number of rotatable bonds is 4. The van der Waals surface area contributed by atoms with Gasteiger partial charge in [0.05, 0.1) is 12.4 Å². The van der Waals surface area contributed by atoms with Crippen LogP contribution in [0.15, 0.2) is 60.6 Å². The van der Waals surface area contributed by atoms with E-state index in [9.17, 15) is 4.39 Å². The van der Waals surface area contributed by atoms with E-state index in [2.05, 4.69) is 73.5 Å². The van der Waals surface area contributed by atoms with Crippen LogP contribution in [0.5, 0.6) is 0 Å². The summed E-state index contributed by atoms with van der Waals surface area (Å²) in [5.41, 5.74) is 6.84. The van der Waals surface area contributed by atoms with Gasteiger partial charge in [0.15, 0.2) is 11.5 Å². The van der Waals surface area contributed by atoms with Gasteiger partial charge in [0, 0.05) is 17.9 Å². The van der Waals surface area contributed by atoms with Crippen molar-refractivity contribution in [3.63, 3.8) is 0 Å². The van der Waals surface area contributed by atoms with Crippen molar-refractivity contribution < 1.29 is 4.39 Å². The molecule has 7 heteroatoms. The molecule has 0 aliphatic carbocycles.